The number of carbonyl (C=O) groups is 1. The molecular weight excluding hydrogens is 414 g/mol. The monoisotopic (exact) mass is 433 g/mol. The van der Waals surface area contributed by atoms with Crippen LogP contribution in [-0.2, 0) is 4.79 Å². The lowest BCUT2D eigenvalue weighted by Gasteiger charge is -2.16. The Morgan fingerprint density at radius 2 is 1.96 bits per heavy atom. The van der Waals surface area contributed by atoms with Gasteiger partial charge in [-0.05, 0) is 56.5 Å². The number of thioether (sulfide) groups is 1. The number of nitrogens with one attached hydrogen (secondary N) is 1. The fraction of sp³-hybridized carbons (Fsp3) is 0.350. The van der Waals surface area contributed by atoms with Crippen LogP contribution in [0.5, 0.6) is 0 Å². The highest BCUT2D eigenvalue weighted by molar-refractivity contribution is 8.00. The van der Waals surface area contributed by atoms with E-state index in [1.807, 2.05) is 26.0 Å². The Kier molecular flexibility index (Phi) is 5.49. The topological polar surface area (TPSA) is 64.0 Å². The fourth-order valence-electron chi connectivity index (χ4n) is 3.32. The van der Waals surface area contributed by atoms with E-state index in [0.717, 1.165) is 34.5 Å². The van der Waals surface area contributed by atoms with Crippen LogP contribution in [0, 0.1) is 13.8 Å². The number of aryl methyl sites for hydroxylation is 2. The minimum Gasteiger partial charge on any atom is -0.355 e. The van der Waals surface area contributed by atoms with Crippen LogP contribution in [0.25, 0.3) is 15.9 Å². The van der Waals surface area contributed by atoms with Crippen LogP contribution in [0.3, 0.4) is 0 Å². The Hall–Kier alpha value is -1.83. The Labute approximate surface area is 176 Å². The molecule has 4 rings (SSSR count). The third kappa shape index (κ3) is 3.58. The second-order valence-corrected chi connectivity index (χ2v) is 9.68. The summed E-state index contributed by atoms with van der Waals surface area (Å²) in [6, 6.07) is 7.13. The maximum atomic E-state index is 13.4. The van der Waals surface area contributed by atoms with Gasteiger partial charge in [0.15, 0.2) is 5.16 Å². The maximum Gasteiger partial charge on any atom is 0.267 e. The molecular formula is C20H20ClN3O2S2. The molecule has 8 heteroatoms. The van der Waals surface area contributed by atoms with E-state index in [1.54, 1.807) is 16.7 Å². The molecule has 28 heavy (non-hydrogen) atoms. The summed E-state index contributed by atoms with van der Waals surface area (Å²) in [4.78, 5) is 32.5. The van der Waals surface area contributed by atoms with Crippen LogP contribution in [0.15, 0.2) is 34.2 Å². The van der Waals surface area contributed by atoms with Crippen molar-refractivity contribution in [2.45, 2.75) is 43.5 Å². The fourth-order valence-corrected chi connectivity index (χ4v) is 5.69. The average molecular weight is 434 g/mol. The van der Waals surface area contributed by atoms with Gasteiger partial charge in [0.1, 0.15) is 4.83 Å². The zero-order valence-electron chi connectivity index (χ0n) is 15.6. The van der Waals surface area contributed by atoms with Crippen molar-refractivity contribution in [1.82, 2.24) is 14.9 Å². The van der Waals surface area contributed by atoms with E-state index >= 15 is 0 Å². The molecule has 0 aliphatic carbocycles. The van der Waals surface area contributed by atoms with Gasteiger partial charge in [0.25, 0.3) is 5.56 Å². The van der Waals surface area contributed by atoms with Crippen LogP contribution >= 0.6 is 34.7 Å². The van der Waals surface area contributed by atoms with Gasteiger partial charge in [0.2, 0.25) is 5.91 Å². The molecule has 0 bridgehead atoms. The van der Waals surface area contributed by atoms with Gasteiger partial charge in [0.05, 0.1) is 16.3 Å². The van der Waals surface area contributed by atoms with E-state index in [9.17, 15) is 9.59 Å². The van der Waals surface area contributed by atoms with Crippen LogP contribution in [0.4, 0.5) is 0 Å². The number of halogens is 1. The normalized spacial score (nSPS) is 17.5. The van der Waals surface area contributed by atoms with Gasteiger partial charge in [-0.25, -0.2) is 4.98 Å². The number of fused-ring (bicyclic) bond motifs is 1. The van der Waals surface area contributed by atoms with Crippen molar-refractivity contribution in [2.24, 2.45) is 0 Å². The molecule has 1 aliphatic heterocycles. The molecule has 1 N–H and O–H groups in total. The zero-order valence-corrected chi connectivity index (χ0v) is 18.0. The lowest BCUT2D eigenvalue weighted by atomic mass is 10.2. The highest BCUT2D eigenvalue weighted by Crippen LogP contribution is 2.32. The van der Waals surface area contributed by atoms with Gasteiger partial charge in [-0.3, -0.25) is 14.2 Å². The molecule has 1 unspecified atom stereocenters. The second-order valence-electron chi connectivity index (χ2n) is 6.87. The first-order chi connectivity index (χ1) is 13.5. The summed E-state index contributed by atoms with van der Waals surface area (Å²) in [5.41, 5.74) is 1.55. The molecule has 1 aliphatic rings. The number of aromatic nitrogens is 2. The number of rotatable bonds is 3. The van der Waals surface area contributed by atoms with Crippen molar-refractivity contribution in [3.63, 3.8) is 0 Å². The summed E-state index contributed by atoms with van der Waals surface area (Å²) in [7, 11) is 0. The standard InChI is InChI=1S/C20H20ClN3O2S2/c1-11-12(2)27-18-16(11)19(26)24(14-8-6-13(21)7-9-14)20(23-18)28-15-5-3-4-10-22-17(15)25/h6-9,15H,3-5,10H2,1-2H3,(H,22,25). The van der Waals surface area contributed by atoms with Crippen molar-refractivity contribution in [3.05, 3.63) is 50.1 Å². The van der Waals surface area contributed by atoms with E-state index < -0.39 is 0 Å². The summed E-state index contributed by atoms with van der Waals surface area (Å²) < 4.78 is 1.61. The molecule has 0 saturated carbocycles. The number of nitrogens with zero attached hydrogens (tertiary/aromatic N) is 2. The highest BCUT2D eigenvalue weighted by atomic mass is 35.5. The number of amides is 1. The van der Waals surface area contributed by atoms with Crippen molar-refractivity contribution >= 4 is 50.8 Å². The molecule has 2 aromatic heterocycles. The summed E-state index contributed by atoms with van der Waals surface area (Å²) in [6.07, 6.45) is 2.72. The van der Waals surface area contributed by atoms with E-state index in [2.05, 4.69) is 5.32 Å². The quantitative estimate of drug-likeness (QED) is 0.618. The molecule has 0 radical (unpaired) electrons. The minimum atomic E-state index is -0.257. The molecule has 5 nitrogen and oxygen atoms in total. The zero-order chi connectivity index (χ0) is 19.8. The Morgan fingerprint density at radius 1 is 1.21 bits per heavy atom. The molecule has 1 fully saturated rings. The number of hydrogen-bond acceptors (Lipinski definition) is 5. The summed E-state index contributed by atoms with van der Waals surface area (Å²) >= 11 is 8.93. The first-order valence-electron chi connectivity index (χ1n) is 9.19. The number of hydrogen-bond donors (Lipinski definition) is 1. The van der Waals surface area contributed by atoms with E-state index in [4.69, 9.17) is 16.6 Å². The van der Waals surface area contributed by atoms with Gasteiger partial charge in [-0.1, -0.05) is 29.8 Å². The van der Waals surface area contributed by atoms with Gasteiger partial charge >= 0.3 is 0 Å². The van der Waals surface area contributed by atoms with E-state index in [-0.39, 0.29) is 16.7 Å². The summed E-state index contributed by atoms with van der Waals surface area (Å²) in [6.45, 7) is 4.66. The minimum absolute atomic E-state index is 0.0121. The summed E-state index contributed by atoms with van der Waals surface area (Å²) in [5, 5.41) is 4.49. The number of thiophene rings is 1. The Balaban J connectivity index is 1.90. The predicted molar refractivity (Wildman–Crippen MR) is 116 cm³/mol. The first-order valence-corrected chi connectivity index (χ1v) is 11.3. The molecule has 1 saturated heterocycles. The van der Waals surface area contributed by atoms with Gasteiger partial charge in [-0.2, -0.15) is 0 Å². The van der Waals surface area contributed by atoms with Gasteiger partial charge < -0.3 is 5.32 Å². The van der Waals surface area contributed by atoms with Crippen LogP contribution in [0.1, 0.15) is 29.7 Å². The van der Waals surface area contributed by atoms with Crippen molar-refractivity contribution in [3.8, 4) is 5.69 Å². The second kappa shape index (κ2) is 7.89. The van der Waals surface area contributed by atoms with Crippen molar-refractivity contribution < 1.29 is 4.79 Å². The van der Waals surface area contributed by atoms with Crippen LogP contribution < -0.4 is 10.9 Å². The Bertz CT molecular complexity index is 1110. The van der Waals surface area contributed by atoms with E-state index in [1.165, 1.54) is 23.1 Å². The first kappa shape index (κ1) is 19.5. The third-order valence-electron chi connectivity index (χ3n) is 4.99. The van der Waals surface area contributed by atoms with Crippen LogP contribution in [-0.4, -0.2) is 27.3 Å². The number of carbonyl (C=O) groups excluding carboxylic acids is 1. The molecule has 1 atom stereocenters. The largest absolute Gasteiger partial charge is 0.355 e. The average Bonchev–Trinajstić information content (AvgIpc) is 2.81. The molecule has 3 heterocycles. The molecule has 1 aromatic carbocycles. The van der Waals surface area contributed by atoms with Gasteiger partial charge in [0, 0.05) is 16.4 Å². The SMILES string of the molecule is Cc1sc2nc(SC3CCCCNC3=O)n(-c3ccc(Cl)cc3)c(=O)c2c1C. The van der Waals surface area contributed by atoms with Crippen molar-refractivity contribution in [1.29, 1.82) is 0 Å². The Morgan fingerprint density at radius 3 is 2.71 bits per heavy atom. The summed E-state index contributed by atoms with van der Waals surface area (Å²) in [5.74, 6) is 0.0121. The molecule has 0 spiro atoms. The lowest BCUT2D eigenvalue weighted by Crippen LogP contribution is -2.31. The lowest BCUT2D eigenvalue weighted by molar-refractivity contribution is -0.120. The molecule has 3 aromatic rings. The third-order valence-corrected chi connectivity index (χ3v) is 7.56. The smallest absolute Gasteiger partial charge is 0.267 e. The molecule has 1 amide bonds. The maximum absolute atomic E-state index is 13.4. The van der Waals surface area contributed by atoms with E-state index in [0.29, 0.717) is 27.8 Å². The highest BCUT2D eigenvalue weighted by Gasteiger charge is 2.26. The molecule has 146 valence electrons. The number of benzene rings is 1. The van der Waals surface area contributed by atoms with Gasteiger partial charge in [-0.15, -0.1) is 11.3 Å². The van der Waals surface area contributed by atoms with Crippen LogP contribution in [0.2, 0.25) is 5.02 Å². The van der Waals surface area contributed by atoms with Crippen molar-refractivity contribution in [2.75, 3.05) is 6.54 Å². The predicted octanol–water partition coefficient (Wildman–Crippen LogP) is 4.48.